The molecule has 1 aromatic heterocycles. The molecule has 94 valence electrons. The summed E-state index contributed by atoms with van der Waals surface area (Å²) in [5.41, 5.74) is 0.319. The predicted octanol–water partition coefficient (Wildman–Crippen LogP) is 0.358. The molecule has 0 saturated carbocycles. The number of carbonyl (C=O) groups excluding carboxylic acids is 1. The van der Waals surface area contributed by atoms with Crippen molar-refractivity contribution in [1.82, 2.24) is 4.98 Å². The van der Waals surface area contributed by atoms with E-state index in [2.05, 4.69) is 4.98 Å². The van der Waals surface area contributed by atoms with Gasteiger partial charge >= 0.3 is 10.2 Å². The van der Waals surface area contributed by atoms with Crippen molar-refractivity contribution in [2.24, 2.45) is 0 Å². The summed E-state index contributed by atoms with van der Waals surface area (Å²) in [6, 6.07) is 4.74. The fourth-order valence-electron chi connectivity index (χ4n) is 1.70. The first-order valence-corrected chi connectivity index (χ1v) is 6.46. The highest BCUT2D eigenvalue weighted by Gasteiger charge is 2.39. The van der Waals surface area contributed by atoms with Crippen molar-refractivity contribution in [2.75, 3.05) is 11.4 Å². The van der Waals surface area contributed by atoms with Crippen LogP contribution >= 0.6 is 0 Å². The van der Waals surface area contributed by atoms with Crippen LogP contribution in [-0.2, 0) is 15.0 Å². The van der Waals surface area contributed by atoms with Gasteiger partial charge in [0.05, 0.1) is 5.56 Å². The fourth-order valence-corrected chi connectivity index (χ4v) is 2.37. The van der Waals surface area contributed by atoms with Gasteiger partial charge < -0.3 is 0 Å². The smallest absolute Gasteiger partial charge is 0.295 e. The topological polar surface area (TPSA) is 91.1 Å². The fraction of sp³-hybridized carbons (Fsp3) is 0.300. The normalized spacial score (nSPS) is 19.9. The van der Waals surface area contributed by atoms with Gasteiger partial charge in [-0.3, -0.25) is 9.69 Å². The summed E-state index contributed by atoms with van der Waals surface area (Å²) in [7, 11) is -4.73. The molecule has 0 aliphatic carbocycles. The standard InChI is InChI=1S/C10H8FN3O3S/c11-18(16,17)8-3-10(15)14(6-8)9-2-1-7(4-12)5-13-9/h1-2,5,8H,3,6H2. The van der Waals surface area contributed by atoms with E-state index in [-0.39, 0.29) is 18.8 Å². The summed E-state index contributed by atoms with van der Waals surface area (Å²) in [6.07, 6.45) is 0.875. The zero-order valence-electron chi connectivity index (χ0n) is 9.08. The number of rotatable bonds is 2. The molecule has 1 aromatic rings. The van der Waals surface area contributed by atoms with Crippen LogP contribution in [0.3, 0.4) is 0 Å². The second-order valence-corrected chi connectivity index (χ2v) is 5.44. The van der Waals surface area contributed by atoms with E-state index in [1.165, 1.54) is 18.3 Å². The molecular formula is C10H8FN3O3S. The lowest BCUT2D eigenvalue weighted by Crippen LogP contribution is -2.27. The maximum absolute atomic E-state index is 12.8. The Morgan fingerprint density at radius 1 is 1.50 bits per heavy atom. The zero-order valence-corrected chi connectivity index (χ0v) is 9.89. The van der Waals surface area contributed by atoms with Crippen LogP contribution in [0.4, 0.5) is 9.70 Å². The molecule has 1 atom stereocenters. The van der Waals surface area contributed by atoms with Crippen LogP contribution < -0.4 is 4.90 Å². The third kappa shape index (κ3) is 2.31. The first-order valence-electron chi connectivity index (χ1n) is 5.02. The Balaban J connectivity index is 2.25. The maximum Gasteiger partial charge on any atom is 0.307 e. The second-order valence-electron chi connectivity index (χ2n) is 3.82. The monoisotopic (exact) mass is 269 g/mol. The van der Waals surface area contributed by atoms with Gasteiger partial charge in [-0.05, 0) is 12.1 Å². The van der Waals surface area contributed by atoms with Gasteiger partial charge in [0.15, 0.2) is 0 Å². The van der Waals surface area contributed by atoms with Gasteiger partial charge in [-0.1, -0.05) is 0 Å². The van der Waals surface area contributed by atoms with Gasteiger partial charge in [-0.25, -0.2) is 4.98 Å². The first-order chi connectivity index (χ1) is 8.41. The molecule has 0 bridgehead atoms. The van der Waals surface area contributed by atoms with Crippen LogP contribution in [0, 0.1) is 11.3 Å². The van der Waals surface area contributed by atoms with Crippen molar-refractivity contribution in [3.05, 3.63) is 23.9 Å². The molecular weight excluding hydrogens is 261 g/mol. The summed E-state index contributed by atoms with van der Waals surface area (Å²) < 4.78 is 34.3. The third-order valence-electron chi connectivity index (χ3n) is 2.64. The summed E-state index contributed by atoms with van der Waals surface area (Å²) in [5.74, 6) is -0.288. The zero-order chi connectivity index (χ0) is 13.3. The average Bonchev–Trinajstić information content (AvgIpc) is 2.71. The van der Waals surface area contributed by atoms with Gasteiger partial charge in [0.2, 0.25) is 5.91 Å². The van der Waals surface area contributed by atoms with Crippen molar-refractivity contribution in [1.29, 1.82) is 5.26 Å². The molecule has 18 heavy (non-hydrogen) atoms. The third-order valence-corrected chi connectivity index (χ3v) is 3.75. The number of amides is 1. The van der Waals surface area contributed by atoms with E-state index >= 15 is 0 Å². The molecule has 0 radical (unpaired) electrons. The molecule has 1 amide bonds. The van der Waals surface area contributed by atoms with Crippen LogP contribution in [0.2, 0.25) is 0 Å². The lowest BCUT2D eigenvalue weighted by molar-refractivity contribution is -0.117. The van der Waals surface area contributed by atoms with Crippen LogP contribution in [-0.4, -0.2) is 31.1 Å². The minimum atomic E-state index is -4.73. The summed E-state index contributed by atoms with van der Waals surface area (Å²) >= 11 is 0. The number of nitriles is 1. The van der Waals surface area contributed by atoms with Crippen LogP contribution in [0.15, 0.2) is 18.3 Å². The van der Waals surface area contributed by atoms with Crippen molar-refractivity contribution in [2.45, 2.75) is 11.7 Å². The van der Waals surface area contributed by atoms with Crippen molar-refractivity contribution < 1.29 is 17.1 Å². The predicted molar refractivity (Wildman–Crippen MR) is 59.7 cm³/mol. The number of hydrogen-bond donors (Lipinski definition) is 0. The minimum Gasteiger partial charge on any atom is -0.295 e. The van der Waals surface area contributed by atoms with E-state index in [0.29, 0.717) is 5.56 Å². The van der Waals surface area contributed by atoms with Gasteiger partial charge in [-0.2, -0.15) is 13.7 Å². The van der Waals surface area contributed by atoms with E-state index in [1.54, 1.807) is 0 Å². The van der Waals surface area contributed by atoms with Gasteiger partial charge in [0.25, 0.3) is 0 Å². The SMILES string of the molecule is N#Cc1ccc(N2CC(S(=O)(=O)F)CC2=O)nc1. The number of anilines is 1. The minimum absolute atomic E-state index is 0.213. The Hall–Kier alpha value is -2.01. The van der Waals surface area contributed by atoms with E-state index in [4.69, 9.17) is 5.26 Å². The lowest BCUT2D eigenvalue weighted by Gasteiger charge is -2.14. The van der Waals surface area contributed by atoms with Crippen molar-refractivity contribution >= 4 is 21.9 Å². The van der Waals surface area contributed by atoms with Crippen LogP contribution in [0.25, 0.3) is 0 Å². The molecule has 1 aliphatic heterocycles. The molecule has 2 heterocycles. The molecule has 1 fully saturated rings. The molecule has 0 N–H and O–H groups in total. The summed E-state index contributed by atoms with van der Waals surface area (Å²) in [5, 5.41) is 7.25. The molecule has 1 unspecified atom stereocenters. The van der Waals surface area contributed by atoms with Gasteiger partial charge in [-0.15, -0.1) is 3.89 Å². The Labute approximate surface area is 103 Å². The Kier molecular flexibility index (Phi) is 3.00. The molecule has 6 nitrogen and oxygen atoms in total. The molecule has 1 saturated heterocycles. The van der Waals surface area contributed by atoms with E-state index < -0.39 is 21.4 Å². The van der Waals surface area contributed by atoms with Crippen molar-refractivity contribution in [3.8, 4) is 6.07 Å². The Morgan fingerprint density at radius 3 is 2.67 bits per heavy atom. The number of carbonyl (C=O) groups is 1. The molecule has 0 aromatic carbocycles. The highest BCUT2D eigenvalue weighted by Crippen LogP contribution is 2.24. The molecule has 1 aliphatic rings. The Bertz CT molecular complexity index is 621. The lowest BCUT2D eigenvalue weighted by atomic mass is 10.3. The second kappa shape index (κ2) is 4.34. The first kappa shape index (κ1) is 12.4. The molecule has 0 spiro atoms. The quantitative estimate of drug-likeness (QED) is 0.723. The number of aromatic nitrogens is 1. The highest BCUT2D eigenvalue weighted by atomic mass is 32.3. The van der Waals surface area contributed by atoms with E-state index in [1.807, 2.05) is 6.07 Å². The van der Waals surface area contributed by atoms with Crippen molar-refractivity contribution in [3.63, 3.8) is 0 Å². The summed E-state index contributed by atoms with van der Waals surface area (Å²) in [6.45, 7) is -0.253. The van der Waals surface area contributed by atoms with Crippen LogP contribution in [0.5, 0.6) is 0 Å². The number of pyridine rings is 1. The van der Waals surface area contributed by atoms with E-state index in [0.717, 1.165) is 4.90 Å². The average molecular weight is 269 g/mol. The summed E-state index contributed by atoms with van der Waals surface area (Å²) in [4.78, 5) is 16.5. The number of halogens is 1. The maximum atomic E-state index is 12.8. The number of nitrogens with zero attached hydrogens (tertiary/aromatic N) is 3. The number of hydrogen-bond acceptors (Lipinski definition) is 5. The van der Waals surface area contributed by atoms with Gasteiger partial charge in [0, 0.05) is 19.2 Å². The largest absolute Gasteiger partial charge is 0.307 e. The van der Waals surface area contributed by atoms with E-state index in [9.17, 15) is 17.1 Å². The molecule has 8 heteroatoms. The highest BCUT2D eigenvalue weighted by molar-refractivity contribution is 7.87. The van der Waals surface area contributed by atoms with Crippen LogP contribution in [0.1, 0.15) is 12.0 Å². The Morgan fingerprint density at radius 2 is 2.22 bits per heavy atom. The van der Waals surface area contributed by atoms with Gasteiger partial charge in [0.1, 0.15) is 17.1 Å². The molecule has 2 rings (SSSR count).